The smallest absolute Gasteiger partial charge is 0.135 e. The lowest BCUT2D eigenvalue weighted by Crippen LogP contribution is -1.96. The monoisotopic (exact) mass is 739 g/mol. The maximum Gasteiger partial charge on any atom is 0.135 e. The van der Waals surface area contributed by atoms with Crippen molar-refractivity contribution in [3.05, 3.63) is 206 Å². The normalized spacial score (nSPS) is 11.4. The molecule has 11 aromatic rings. The number of nitrogens with zero attached hydrogens (tertiary/aromatic N) is 1. The summed E-state index contributed by atoms with van der Waals surface area (Å²) in [5.41, 5.74) is 16.8. The molecule has 0 aliphatic carbocycles. The molecule has 270 valence electrons. The molecule has 0 saturated carbocycles. The Morgan fingerprint density at radius 1 is 0.293 bits per heavy atom. The van der Waals surface area contributed by atoms with Crippen LogP contribution >= 0.6 is 0 Å². The van der Waals surface area contributed by atoms with Gasteiger partial charge in [-0.2, -0.15) is 5.26 Å². The van der Waals surface area contributed by atoms with Crippen molar-refractivity contribution in [1.82, 2.24) is 0 Å². The Morgan fingerprint density at radius 3 is 1.36 bits per heavy atom. The van der Waals surface area contributed by atoms with E-state index in [-0.39, 0.29) is 0 Å². The van der Waals surface area contributed by atoms with Crippen LogP contribution in [0, 0.1) is 11.3 Å². The molecule has 0 aliphatic rings. The molecule has 3 heteroatoms. The molecule has 0 bridgehead atoms. The molecule has 0 N–H and O–H groups in total. The minimum atomic E-state index is 0.630. The van der Waals surface area contributed by atoms with Crippen LogP contribution in [0.5, 0.6) is 0 Å². The zero-order valence-electron chi connectivity index (χ0n) is 31.3. The minimum Gasteiger partial charge on any atom is -0.456 e. The number of nitriles is 1. The van der Waals surface area contributed by atoms with Crippen molar-refractivity contribution >= 4 is 43.9 Å². The second kappa shape index (κ2) is 13.7. The third-order valence-electron chi connectivity index (χ3n) is 11.4. The zero-order chi connectivity index (χ0) is 38.6. The Bertz CT molecular complexity index is 3270. The summed E-state index contributed by atoms with van der Waals surface area (Å²) in [5, 5.41) is 14.7. The summed E-state index contributed by atoms with van der Waals surface area (Å²) in [6, 6.07) is 72.3. The highest BCUT2D eigenvalue weighted by Gasteiger charge is 2.23. The summed E-state index contributed by atoms with van der Waals surface area (Å²) in [5.74, 6) is 0. The van der Waals surface area contributed by atoms with Gasteiger partial charge in [-0.05, 0) is 116 Å². The highest BCUT2D eigenvalue weighted by molar-refractivity contribution is 6.10. The van der Waals surface area contributed by atoms with Crippen LogP contribution in [0.3, 0.4) is 0 Å². The predicted octanol–water partition coefficient (Wildman–Crippen LogP) is 15.4. The van der Waals surface area contributed by atoms with Gasteiger partial charge in [0, 0.05) is 27.1 Å². The number of furan rings is 2. The number of rotatable bonds is 6. The highest BCUT2D eigenvalue weighted by Crippen LogP contribution is 2.49. The Labute approximate surface area is 335 Å². The number of para-hydroxylation sites is 2. The minimum absolute atomic E-state index is 0.630. The van der Waals surface area contributed by atoms with Crippen LogP contribution in [-0.4, -0.2) is 0 Å². The fourth-order valence-electron chi connectivity index (χ4n) is 8.71. The molecule has 0 fully saturated rings. The van der Waals surface area contributed by atoms with E-state index >= 15 is 0 Å². The van der Waals surface area contributed by atoms with E-state index in [1.807, 2.05) is 48.5 Å². The maximum absolute atomic E-state index is 10.4. The van der Waals surface area contributed by atoms with Gasteiger partial charge in [0.1, 0.15) is 22.3 Å². The SMILES string of the molecule is N#Cc1ccccc1-c1cccc(-c2ccccc2)c1-c1cc(-c2ccc3oc4ccccc4c3c2)c(-c2ccccc2)c(-c2ccc3oc4ccccc4c3c2)c1. The van der Waals surface area contributed by atoms with Crippen LogP contribution in [0.25, 0.3) is 111 Å². The lowest BCUT2D eigenvalue weighted by molar-refractivity contribution is 0.668. The molecular weight excluding hydrogens is 707 g/mol. The van der Waals surface area contributed by atoms with Crippen LogP contribution < -0.4 is 0 Å². The second-order valence-electron chi connectivity index (χ2n) is 14.7. The topological polar surface area (TPSA) is 50.1 Å². The quantitative estimate of drug-likeness (QED) is 0.171. The Kier molecular flexibility index (Phi) is 7.88. The molecule has 0 atom stereocenters. The van der Waals surface area contributed by atoms with Gasteiger partial charge in [0.05, 0.1) is 11.6 Å². The van der Waals surface area contributed by atoms with Gasteiger partial charge in [0.2, 0.25) is 0 Å². The highest BCUT2D eigenvalue weighted by atomic mass is 16.3. The van der Waals surface area contributed by atoms with Gasteiger partial charge in [-0.3, -0.25) is 0 Å². The van der Waals surface area contributed by atoms with Crippen LogP contribution in [0.15, 0.2) is 209 Å². The Hall–Kier alpha value is -7.93. The Balaban J connectivity index is 1.29. The van der Waals surface area contributed by atoms with Gasteiger partial charge in [0.25, 0.3) is 0 Å². The van der Waals surface area contributed by atoms with E-state index in [1.165, 1.54) is 0 Å². The van der Waals surface area contributed by atoms with E-state index in [4.69, 9.17) is 8.83 Å². The van der Waals surface area contributed by atoms with E-state index < -0.39 is 0 Å². The van der Waals surface area contributed by atoms with Gasteiger partial charge in [-0.1, -0.05) is 146 Å². The van der Waals surface area contributed by atoms with Gasteiger partial charge in [0.15, 0.2) is 0 Å². The molecule has 0 saturated heterocycles. The van der Waals surface area contributed by atoms with Crippen LogP contribution in [-0.2, 0) is 0 Å². The summed E-state index contributed by atoms with van der Waals surface area (Å²) >= 11 is 0. The molecule has 0 aliphatic heterocycles. The third-order valence-corrected chi connectivity index (χ3v) is 11.4. The van der Waals surface area contributed by atoms with Gasteiger partial charge < -0.3 is 8.83 Å². The molecule has 3 nitrogen and oxygen atoms in total. The van der Waals surface area contributed by atoms with Crippen LogP contribution in [0.1, 0.15) is 5.56 Å². The van der Waals surface area contributed by atoms with Crippen molar-refractivity contribution < 1.29 is 8.83 Å². The van der Waals surface area contributed by atoms with Crippen LogP contribution in [0.4, 0.5) is 0 Å². The van der Waals surface area contributed by atoms with Gasteiger partial charge in [-0.15, -0.1) is 0 Å². The first-order valence-corrected chi connectivity index (χ1v) is 19.5. The van der Waals surface area contributed by atoms with Crippen molar-refractivity contribution in [2.24, 2.45) is 0 Å². The number of hydrogen-bond donors (Lipinski definition) is 0. The molecule has 58 heavy (non-hydrogen) atoms. The third kappa shape index (κ3) is 5.51. The lowest BCUT2D eigenvalue weighted by atomic mass is 9.81. The molecule has 0 spiro atoms. The van der Waals surface area contributed by atoms with Gasteiger partial charge >= 0.3 is 0 Å². The molecule has 0 unspecified atom stereocenters. The molecule has 0 radical (unpaired) electrons. The van der Waals surface area contributed by atoms with E-state index in [9.17, 15) is 5.26 Å². The number of hydrogen-bond acceptors (Lipinski definition) is 3. The Morgan fingerprint density at radius 2 is 0.759 bits per heavy atom. The summed E-state index contributed by atoms with van der Waals surface area (Å²) in [6.07, 6.45) is 0. The fourth-order valence-corrected chi connectivity index (χ4v) is 8.71. The summed E-state index contributed by atoms with van der Waals surface area (Å²) in [4.78, 5) is 0. The second-order valence-corrected chi connectivity index (χ2v) is 14.7. The van der Waals surface area contributed by atoms with Crippen molar-refractivity contribution in [1.29, 1.82) is 5.26 Å². The van der Waals surface area contributed by atoms with Crippen molar-refractivity contribution in [3.8, 4) is 72.8 Å². The van der Waals surface area contributed by atoms with Crippen LogP contribution in [0.2, 0.25) is 0 Å². The molecule has 0 amide bonds. The number of benzene rings is 9. The van der Waals surface area contributed by atoms with Crippen molar-refractivity contribution in [2.45, 2.75) is 0 Å². The van der Waals surface area contributed by atoms with E-state index in [0.717, 1.165) is 111 Å². The zero-order valence-corrected chi connectivity index (χ0v) is 31.3. The standard InChI is InChI=1S/C55H33NO2/c56-34-39-18-7-8-19-41(39)45-23-13-22-42(35-14-3-1-4-15-35)55(45)40-32-46(37-26-28-52-48(30-37)43-20-9-11-24-50(43)57-52)54(36-16-5-2-6-17-36)47(33-40)38-27-29-53-49(31-38)44-21-10-12-25-51(44)58-53/h1-33H. The molecule has 9 aromatic carbocycles. The lowest BCUT2D eigenvalue weighted by Gasteiger charge is -2.22. The first-order valence-electron chi connectivity index (χ1n) is 19.5. The largest absolute Gasteiger partial charge is 0.456 e. The summed E-state index contributed by atoms with van der Waals surface area (Å²) in [7, 11) is 0. The average Bonchev–Trinajstić information content (AvgIpc) is 3.86. The average molecular weight is 740 g/mol. The molecule has 2 aromatic heterocycles. The maximum atomic E-state index is 10.4. The van der Waals surface area contributed by atoms with E-state index in [2.05, 4.69) is 158 Å². The van der Waals surface area contributed by atoms with Gasteiger partial charge in [-0.25, -0.2) is 0 Å². The molecular formula is C55H33NO2. The number of fused-ring (bicyclic) bond motifs is 6. The molecule has 11 rings (SSSR count). The van der Waals surface area contributed by atoms with Crippen molar-refractivity contribution in [3.63, 3.8) is 0 Å². The molecule has 2 heterocycles. The summed E-state index contributed by atoms with van der Waals surface area (Å²) in [6.45, 7) is 0. The van der Waals surface area contributed by atoms with E-state index in [1.54, 1.807) is 0 Å². The predicted molar refractivity (Wildman–Crippen MR) is 238 cm³/mol. The fraction of sp³-hybridized carbons (Fsp3) is 0. The van der Waals surface area contributed by atoms with Crippen molar-refractivity contribution in [2.75, 3.05) is 0 Å². The first-order chi connectivity index (χ1) is 28.7. The first kappa shape index (κ1) is 33.4. The summed E-state index contributed by atoms with van der Waals surface area (Å²) < 4.78 is 12.7. The van der Waals surface area contributed by atoms with E-state index in [0.29, 0.717) is 5.56 Å².